The molecule has 0 saturated carbocycles. The van der Waals surface area contributed by atoms with Crippen molar-refractivity contribution in [3.05, 3.63) is 46.6 Å². The maximum atomic E-state index is 12.6. The smallest absolute Gasteiger partial charge is 0.227 e. The highest BCUT2D eigenvalue weighted by Crippen LogP contribution is 2.18. The third-order valence-corrected chi connectivity index (χ3v) is 4.78. The van der Waals surface area contributed by atoms with Crippen molar-refractivity contribution in [2.75, 3.05) is 42.9 Å². The first-order valence-corrected chi connectivity index (χ1v) is 9.30. The Hall–Kier alpha value is -2.34. The molecule has 6 nitrogen and oxygen atoms in total. The normalized spacial score (nSPS) is 14.4. The second-order valence-electron chi connectivity index (χ2n) is 6.36. The zero-order chi connectivity index (χ0) is 18.5. The number of nitrogens with zero attached hydrogens (tertiary/aromatic N) is 4. The van der Waals surface area contributed by atoms with Gasteiger partial charge in [0.15, 0.2) is 0 Å². The van der Waals surface area contributed by atoms with Crippen molar-refractivity contribution in [1.29, 1.82) is 0 Å². The molecule has 1 amide bonds. The topological polar surface area (TPSA) is 61.4 Å². The average molecular weight is 374 g/mol. The third kappa shape index (κ3) is 4.43. The van der Waals surface area contributed by atoms with Crippen LogP contribution in [0.25, 0.3) is 0 Å². The van der Waals surface area contributed by atoms with Crippen LogP contribution in [0, 0.1) is 6.92 Å². The Balaban J connectivity index is 1.60. The van der Waals surface area contributed by atoms with Crippen molar-refractivity contribution < 1.29 is 4.79 Å². The molecule has 2 aromatic rings. The molecule has 7 heteroatoms. The monoisotopic (exact) mass is 373 g/mol. The highest BCUT2D eigenvalue weighted by molar-refractivity contribution is 6.31. The zero-order valence-electron chi connectivity index (χ0n) is 15.2. The molecule has 0 unspecified atom stereocenters. The van der Waals surface area contributed by atoms with Crippen LogP contribution < -0.4 is 10.2 Å². The van der Waals surface area contributed by atoms with Gasteiger partial charge < -0.3 is 15.1 Å². The Morgan fingerprint density at radius 3 is 2.62 bits per heavy atom. The minimum atomic E-state index is 0.108. The van der Waals surface area contributed by atoms with Gasteiger partial charge in [0.25, 0.3) is 0 Å². The Morgan fingerprint density at radius 1 is 1.19 bits per heavy atom. The quantitative estimate of drug-likeness (QED) is 0.873. The van der Waals surface area contributed by atoms with E-state index in [-0.39, 0.29) is 5.91 Å². The molecular weight excluding hydrogens is 350 g/mol. The van der Waals surface area contributed by atoms with Gasteiger partial charge in [-0.1, -0.05) is 29.8 Å². The average Bonchev–Trinajstić information content (AvgIpc) is 2.63. The summed E-state index contributed by atoms with van der Waals surface area (Å²) in [5.41, 5.74) is 1.81. The highest BCUT2D eigenvalue weighted by atomic mass is 35.5. The number of rotatable bonds is 5. The Morgan fingerprint density at radius 2 is 1.92 bits per heavy atom. The molecule has 0 atom stereocenters. The number of aryl methyl sites for hydroxylation is 1. The second kappa shape index (κ2) is 8.36. The third-order valence-electron chi connectivity index (χ3n) is 4.42. The van der Waals surface area contributed by atoms with E-state index in [0.717, 1.165) is 42.7 Å². The number of nitrogens with one attached hydrogen (secondary N) is 1. The molecule has 138 valence electrons. The minimum absolute atomic E-state index is 0.108. The Kier molecular flexibility index (Phi) is 5.93. The number of carbonyl (C=O) groups excluding carboxylic acids is 1. The minimum Gasteiger partial charge on any atom is -0.370 e. The van der Waals surface area contributed by atoms with E-state index in [2.05, 4.69) is 20.2 Å². The van der Waals surface area contributed by atoms with E-state index >= 15 is 0 Å². The summed E-state index contributed by atoms with van der Waals surface area (Å²) in [6, 6.07) is 9.44. The van der Waals surface area contributed by atoms with Gasteiger partial charge in [-0.05, 0) is 25.5 Å². The predicted molar refractivity (Wildman–Crippen MR) is 105 cm³/mol. The molecule has 1 aromatic carbocycles. The first-order valence-electron chi connectivity index (χ1n) is 8.92. The lowest BCUT2D eigenvalue weighted by molar-refractivity contribution is -0.130. The van der Waals surface area contributed by atoms with Gasteiger partial charge in [-0.25, -0.2) is 4.98 Å². The SMILES string of the molecule is CCNc1cc(C)nc(N2CCN(C(=O)Cc3ccccc3Cl)CC2)n1. The molecule has 0 spiro atoms. The summed E-state index contributed by atoms with van der Waals surface area (Å²) in [5.74, 6) is 1.67. The summed E-state index contributed by atoms with van der Waals surface area (Å²) < 4.78 is 0. The van der Waals surface area contributed by atoms with Crippen LogP contribution in [0.15, 0.2) is 30.3 Å². The first kappa shape index (κ1) is 18.5. The van der Waals surface area contributed by atoms with Gasteiger partial charge in [-0.15, -0.1) is 0 Å². The lowest BCUT2D eigenvalue weighted by Gasteiger charge is -2.35. The van der Waals surface area contributed by atoms with E-state index in [1.54, 1.807) is 0 Å². The number of halogens is 1. The van der Waals surface area contributed by atoms with Gasteiger partial charge in [-0.3, -0.25) is 4.79 Å². The summed E-state index contributed by atoms with van der Waals surface area (Å²) in [5, 5.41) is 3.87. The lowest BCUT2D eigenvalue weighted by Crippen LogP contribution is -2.49. The Bertz CT molecular complexity index is 774. The zero-order valence-corrected chi connectivity index (χ0v) is 16.0. The molecule has 0 aliphatic carbocycles. The number of hydrogen-bond donors (Lipinski definition) is 1. The van der Waals surface area contributed by atoms with Crippen LogP contribution >= 0.6 is 11.6 Å². The number of anilines is 2. The molecule has 0 radical (unpaired) electrons. The van der Waals surface area contributed by atoms with Crippen molar-refractivity contribution in [3.63, 3.8) is 0 Å². The number of carbonyl (C=O) groups is 1. The van der Waals surface area contributed by atoms with Crippen LogP contribution in [0.2, 0.25) is 5.02 Å². The van der Waals surface area contributed by atoms with Crippen molar-refractivity contribution in [2.24, 2.45) is 0 Å². The van der Waals surface area contributed by atoms with Gasteiger partial charge in [0.05, 0.1) is 6.42 Å². The number of hydrogen-bond acceptors (Lipinski definition) is 5. The molecule has 1 fully saturated rings. The van der Waals surface area contributed by atoms with Crippen LogP contribution in [0.4, 0.5) is 11.8 Å². The van der Waals surface area contributed by atoms with E-state index in [9.17, 15) is 4.79 Å². The van der Waals surface area contributed by atoms with E-state index in [1.165, 1.54) is 0 Å². The maximum Gasteiger partial charge on any atom is 0.227 e. The molecule has 1 saturated heterocycles. The van der Waals surface area contributed by atoms with Gasteiger partial charge in [0.2, 0.25) is 11.9 Å². The molecular formula is C19H24ClN5O. The highest BCUT2D eigenvalue weighted by Gasteiger charge is 2.23. The standard InChI is InChI=1S/C19H24ClN5O/c1-3-21-17-12-14(2)22-19(23-17)25-10-8-24(9-11-25)18(26)13-15-6-4-5-7-16(15)20/h4-7,12H,3,8-11,13H2,1-2H3,(H,21,22,23). The van der Waals surface area contributed by atoms with E-state index in [0.29, 0.717) is 24.5 Å². The van der Waals surface area contributed by atoms with Crippen molar-refractivity contribution >= 4 is 29.3 Å². The molecule has 26 heavy (non-hydrogen) atoms. The van der Waals surface area contributed by atoms with Crippen LogP contribution in [0.3, 0.4) is 0 Å². The van der Waals surface area contributed by atoms with Crippen molar-refractivity contribution in [2.45, 2.75) is 20.3 Å². The summed E-state index contributed by atoms with van der Waals surface area (Å²) in [6.45, 7) is 7.61. The number of aromatic nitrogens is 2. The van der Waals surface area contributed by atoms with E-state index in [1.807, 2.05) is 49.1 Å². The number of amides is 1. The Labute approximate surface area is 159 Å². The molecule has 3 rings (SSSR count). The molecule has 1 N–H and O–H groups in total. The summed E-state index contributed by atoms with van der Waals surface area (Å²) in [6.07, 6.45) is 0.338. The van der Waals surface area contributed by atoms with Crippen molar-refractivity contribution in [3.8, 4) is 0 Å². The largest absolute Gasteiger partial charge is 0.370 e. The molecule has 1 aromatic heterocycles. The number of piperazine rings is 1. The molecule has 1 aliphatic rings. The second-order valence-corrected chi connectivity index (χ2v) is 6.77. The lowest BCUT2D eigenvalue weighted by atomic mass is 10.1. The summed E-state index contributed by atoms with van der Waals surface area (Å²) >= 11 is 6.16. The van der Waals surface area contributed by atoms with Crippen LogP contribution in [-0.2, 0) is 11.2 Å². The van der Waals surface area contributed by atoms with Gasteiger partial charge >= 0.3 is 0 Å². The fraction of sp³-hybridized carbons (Fsp3) is 0.421. The number of benzene rings is 1. The predicted octanol–water partition coefficient (Wildman–Crippen LogP) is 2.76. The van der Waals surface area contributed by atoms with E-state index in [4.69, 9.17) is 11.6 Å². The maximum absolute atomic E-state index is 12.6. The van der Waals surface area contributed by atoms with Gasteiger partial charge in [0.1, 0.15) is 5.82 Å². The van der Waals surface area contributed by atoms with Gasteiger partial charge in [-0.2, -0.15) is 4.98 Å². The van der Waals surface area contributed by atoms with Crippen molar-refractivity contribution in [1.82, 2.24) is 14.9 Å². The fourth-order valence-electron chi connectivity index (χ4n) is 3.04. The fourth-order valence-corrected chi connectivity index (χ4v) is 3.24. The van der Waals surface area contributed by atoms with Crippen LogP contribution in [0.1, 0.15) is 18.2 Å². The molecule has 0 bridgehead atoms. The first-order chi connectivity index (χ1) is 12.6. The molecule has 1 aliphatic heterocycles. The van der Waals surface area contributed by atoms with E-state index < -0.39 is 0 Å². The summed E-state index contributed by atoms with van der Waals surface area (Å²) in [4.78, 5) is 25.7. The molecule has 2 heterocycles. The van der Waals surface area contributed by atoms with Gasteiger partial charge in [0, 0.05) is 49.5 Å². The summed E-state index contributed by atoms with van der Waals surface area (Å²) in [7, 11) is 0. The van der Waals surface area contributed by atoms with Crippen LogP contribution in [-0.4, -0.2) is 53.5 Å². The van der Waals surface area contributed by atoms with Crippen LogP contribution in [0.5, 0.6) is 0 Å².